The minimum absolute atomic E-state index is 0.171. The first-order valence-electron chi connectivity index (χ1n) is 3.66. The lowest BCUT2D eigenvalue weighted by Crippen LogP contribution is -2.26. The van der Waals surface area contributed by atoms with Crippen LogP contribution >= 0.6 is 0 Å². The van der Waals surface area contributed by atoms with Crippen molar-refractivity contribution in [3.63, 3.8) is 0 Å². The van der Waals surface area contributed by atoms with Crippen molar-refractivity contribution in [3.05, 3.63) is 29.6 Å². The summed E-state index contributed by atoms with van der Waals surface area (Å²) in [5, 5.41) is 9.11. The smallest absolute Gasteiger partial charge is 0.264 e. The molecule has 0 saturated heterocycles. The van der Waals surface area contributed by atoms with Gasteiger partial charge in [-0.2, -0.15) is 0 Å². The largest absolute Gasteiger partial charge is 0.305 e. The summed E-state index contributed by atoms with van der Waals surface area (Å²) in [6, 6.07) is 3.18. The number of hydroxylamine groups is 2. The molecule has 5 nitrogen and oxygen atoms in total. The lowest BCUT2D eigenvalue weighted by atomic mass is 10.2. The van der Waals surface area contributed by atoms with Crippen LogP contribution in [0.4, 0.5) is 0 Å². The van der Waals surface area contributed by atoms with Gasteiger partial charge in [-0.15, -0.1) is 0 Å². The Bertz CT molecular complexity index is 314. The van der Waals surface area contributed by atoms with Gasteiger partial charge in [0.1, 0.15) is 0 Å². The Morgan fingerprint density at radius 2 is 2.38 bits per heavy atom. The van der Waals surface area contributed by atoms with Crippen LogP contribution < -0.4 is 0 Å². The van der Waals surface area contributed by atoms with Crippen LogP contribution in [0.25, 0.3) is 0 Å². The molecule has 1 heterocycles. The van der Waals surface area contributed by atoms with Crippen LogP contribution in [0.1, 0.15) is 16.1 Å². The number of aromatic nitrogens is 1. The van der Waals surface area contributed by atoms with Crippen molar-refractivity contribution in [3.8, 4) is 0 Å². The molecule has 0 aromatic carbocycles. The summed E-state index contributed by atoms with van der Waals surface area (Å²) in [7, 11) is 1.20. The number of carbonyl (C=O) groups is 1. The number of amides is 1. The van der Waals surface area contributed by atoms with Gasteiger partial charge in [0, 0.05) is 6.20 Å². The number of nitrogens with zero attached hydrogens (tertiary/aromatic N) is 2. The van der Waals surface area contributed by atoms with Gasteiger partial charge in [-0.3, -0.25) is 15.0 Å². The monoisotopic (exact) mass is 182 g/mol. The number of rotatable bonds is 2. The highest BCUT2D eigenvalue weighted by molar-refractivity contribution is 5.93. The molecule has 1 amide bonds. The van der Waals surface area contributed by atoms with Crippen molar-refractivity contribution in [2.45, 2.75) is 6.92 Å². The first-order chi connectivity index (χ1) is 6.16. The van der Waals surface area contributed by atoms with Gasteiger partial charge in [0.05, 0.1) is 18.4 Å². The zero-order valence-electron chi connectivity index (χ0n) is 7.39. The molecule has 1 aromatic heterocycles. The van der Waals surface area contributed by atoms with E-state index in [9.17, 15) is 4.79 Å². The summed E-state index contributed by atoms with van der Waals surface area (Å²) in [4.78, 5) is 19.5. The fraction of sp³-hybridized carbons (Fsp3) is 0.250. The molecule has 0 aliphatic carbocycles. The van der Waals surface area contributed by atoms with Crippen molar-refractivity contribution in [2.24, 2.45) is 0 Å². The van der Waals surface area contributed by atoms with E-state index in [1.807, 2.05) is 0 Å². The predicted octanol–water partition coefficient (Wildman–Crippen LogP) is 0.783. The van der Waals surface area contributed by atoms with E-state index in [1.54, 1.807) is 25.3 Å². The average molecular weight is 182 g/mol. The second-order valence-electron chi connectivity index (χ2n) is 2.40. The van der Waals surface area contributed by atoms with Gasteiger partial charge in [-0.05, 0) is 19.1 Å². The molecule has 0 aliphatic rings. The van der Waals surface area contributed by atoms with Crippen LogP contribution in [0.5, 0.6) is 0 Å². The molecule has 0 fully saturated rings. The van der Waals surface area contributed by atoms with Crippen molar-refractivity contribution in [1.82, 2.24) is 10.2 Å². The second kappa shape index (κ2) is 3.97. The maximum atomic E-state index is 11.3. The van der Waals surface area contributed by atoms with Crippen LogP contribution in [-0.2, 0) is 4.84 Å². The van der Waals surface area contributed by atoms with Gasteiger partial charge in [0.25, 0.3) is 0 Å². The van der Waals surface area contributed by atoms with Crippen LogP contribution in [0.3, 0.4) is 0 Å². The molecule has 70 valence electrons. The van der Waals surface area contributed by atoms with Crippen molar-refractivity contribution < 1.29 is 14.8 Å². The van der Waals surface area contributed by atoms with Crippen LogP contribution in [0.2, 0.25) is 0 Å². The normalized spacial score (nSPS) is 9.77. The Morgan fingerprint density at radius 1 is 1.69 bits per heavy atom. The van der Waals surface area contributed by atoms with Gasteiger partial charge in [0.2, 0.25) is 0 Å². The molecule has 1 rings (SSSR count). The summed E-state index contributed by atoms with van der Waals surface area (Å²) in [6.45, 7) is 1.68. The molecular weight excluding hydrogens is 172 g/mol. The predicted molar refractivity (Wildman–Crippen MR) is 43.9 cm³/mol. The van der Waals surface area contributed by atoms with Crippen LogP contribution in [0.15, 0.2) is 18.3 Å². The third-order valence-corrected chi connectivity index (χ3v) is 1.58. The average Bonchev–Trinajstić information content (AvgIpc) is 2.16. The first-order valence-corrected chi connectivity index (χ1v) is 3.66. The number of carbonyl (C=O) groups excluding carboxylic acids is 1. The van der Waals surface area contributed by atoms with Gasteiger partial charge in [-0.25, -0.2) is 4.84 Å². The Labute approximate surface area is 75.5 Å². The second-order valence-corrected chi connectivity index (χ2v) is 2.40. The minimum atomic E-state index is -0.631. The fourth-order valence-electron chi connectivity index (χ4n) is 0.896. The van der Waals surface area contributed by atoms with Crippen LogP contribution in [-0.4, -0.2) is 28.4 Å². The van der Waals surface area contributed by atoms with Gasteiger partial charge in [-0.1, -0.05) is 5.23 Å². The van der Waals surface area contributed by atoms with E-state index >= 15 is 0 Å². The lowest BCUT2D eigenvalue weighted by Gasteiger charge is -2.11. The maximum absolute atomic E-state index is 11.3. The molecule has 13 heavy (non-hydrogen) atoms. The highest BCUT2D eigenvalue weighted by Crippen LogP contribution is 2.06. The highest BCUT2D eigenvalue weighted by atomic mass is 16.9. The molecule has 1 N–H and O–H groups in total. The van der Waals surface area contributed by atoms with Crippen LogP contribution in [0, 0.1) is 6.92 Å². The third kappa shape index (κ3) is 2.01. The van der Waals surface area contributed by atoms with E-state index in [1.165, 1.54) is 7.11 Å². The quantitative estimate of drug-likeness (QED) is 0.542. The Morgan fingerprint density at radius 3 is 2.92 bits per heavy atom. The summed E-state index contributed by atoms with van der Waals surface area (Å²) < 4.78 is 0. The Kier molecular flexibility index (Phi) is 2.94. The van der Waals surface area contributed by atoms with E-state index in [0.717, 1.165) is 0 Å². The van der Waals surface area contributed by atoms with Gasteiger partial charge < -0.3 is 0 Å². The van der Waals surface area contributed by atoms with Crippen molar-refractivity contribution >= 4 is 5.91 Å². The molecule has 0 bridgehead atoms. The van der Waals surface area contributed by atoms with E-state index in [4.69, 9.17) is 5.21 Å². The van der Waals surface area contributed by atoms with Gasteiger partial charge in [0.15, 0.2) is 0 Å². The summed E-state index contributed by atoms with van der Waals surface area (Å²) in [5.74, 6) is -0.631. The van der Waals surface area contributed by atoms with E-state index in [0.29, 0.717) is 11.3 Å². The number of hydrogen-bond acceptors (Lipinski definition) is 4. The SMILES string of the molecule is CON(O)C(=O)c1cccnc1C. The molecule has 0 aliphatic heterocycles. The fourth-order valence-corrected chi connectivity index (χ4v) is 0.896. The standard InChI is InChI=1S/C8H10N2O3/c1-6-7(4-3-5-9-6)8(11)10(12)13-2/h3-5,12H,1-2H3. The maximum Gasteiger partial charge on any atom is 0.305 e. The Balaban J connectivity index is 2.95. The van der Waals surface area contributed by atoms with E-state index in [-0.39, 0.29) is 5.23 Å². The Hall–Kier alpha value is -1.46. The third-order valence-electron chi connectivity index (χ3n) is 1.58. The van der Waals surface area contributed by atoms with E-state index in [2.05, 4.69) is 9.82 Å². The minimum Gasteiger partial charge on any atom is -0.264 e. The number of hydrogen-bond donors (Lipinski definition) is 1. The number of pyridine rings is 1. The molecule has 0 saturated carbocycles. The lowest BCUT2D eigenvalue weighted by molar-refractivity contribution is -0.280. The van der Waals surface area contributed by atoms with Gasteiger partial charge >= 0.3 is 5.91 Å². The molecule has 0 atom stereocenters. The molecule has 5 heteroatoms. The molecule has 0 spiro atoms. The summed E-state index contributed by atoms with van der Waals surface area (Å²) >= 11 is 0. The van der Waals surface area contributed by atoms with E-state index < -0.39 is 5.91 Å². The summed E-state index contributed by atoms with van der Waals surface area (Å²) in [5.41, 5.74) is 0.857. The zero-order chi connectivity index (χ0) is 9.84. The summed E-state index contributed by atoms with van der Waals surface area (Å²) in [6.07, 6.45) is 1.57. The molecule has 0 unspecified atom stereocenters. The molecular formula is C8H10N2O3. The highest BCUT2D eigenvalue weighted by Gasteiger charge is 2.15. The molecule has 0 radical (unpaired) electrons. The zero-order valence-corrected chi connectivity index (χ0v) is 7.39. The first kappa shape index (κ1) is 9.63. The molecule has 1 aromatic rings. The topological polar surface area (TPSA) is 62.7 Å². The van der Waals surface area contributed by atoms with Crippen molar-refractivity contribution in [1.29, 1.82) is 0 Å². The number of aryl methyl sites for hydroxylation is 1. The van der Waals surface area contributed by atoms with Crippen molar-refractivity contribution in [2.75, 3.05) is 7.11 Å².